The number of aromatic nitrogens is 2. The van der Waals surface area contributed by atoms with E-state index in [0.717, 1.165) is 11.3 Å². The number of imidazole rings is 1. The number of Topliss-reactive ketones (excluding diaryl/α,β-unsaturated/α-hetero) is 1. The van der Waals surface area contributed by atoms with E-state index in [0.29, 0.717) is 61.8 Å². The molecule has 0 spiro atoms. The lowest BCUT2D eigenvalue weighted by Gasteiger charge is -2.26. The van der Waals surface area contributed by atoms with E-state index in [-0.39, 0.29) is 17.4 Å². The van der Waals surface area contributed by atoms with Crippen molar-refractivity contribution in [1.29, 1.82) is 0 Å². The highest BCUT2D eigenvalue weighted by molar-refractivity contribution is 6.46. The molecule has 2 aliphatic rings. The molecule has 1 fully saturated rings. The third-order valence-corrected chi connectivity index (χ3v) is 7.02. The zero-order valence-electron chi connectivity index (χ0n) is 22.7. The summed E-state index contributed by atoms with van der Waals surface area (Å²) < 4.78 is 19.3. The van der Waals surface area contributed by atoms with Gasteiger partial charge in [-0.1, -0.05) is 18.7 Å². The Morgan fingerprint density at radius 3 is 2.77 bits per heavy atom. The summed E-state index contributed by atoms with van der Waals surface area (Å²) in [6.45, 7) is 9.16. The molecule has 208 valence electrons. The SMILES string of the molecule is C=CCOc1ccc(C2/C(=C(/O)c3ccc4c(c3)CC(C)O4)C(=O)C(=O)N2CCCn2ccnc2)cc1OCC. The number of ketones is 1. The van der Waals surface area contributed by atoms with E-state index in [1.807, 2.05) is 30.7 Å². The van der Waals surface area contributed by atoms with Crippen LogP contribution in [0.3, 0.4) is 0 Å². The van der Waals surface area contributed by atoms with Crippen LogP contribution in [0.5, 0.6) is 17.2 Å². The van der Waals surface area contributed by atoms with Crippen LogP contribution < -0.4 is 14.2 Å². The molecule has 0 bridgehead atoms. The van der Waals surface area contributed by atoms with Crippen molar-refractivity contribution >= 4 is 17.4 Å². The summed E-state index contributed by atoms with van der Waals surface area (Å²) in [6, 6.07) is 9.85. The van der Waals surface area contributed by atoms with Crippen LogP contribution in [0.2, 0.25) is 0 Å². The van der Waals surface area contributed by atoms with Gasteiger partial charge in [-0.15, -0.1) is 0 Å². The molecule has 40 heavy (non-hydrogen) atoms. The Kier molecular flexibility index (Phi) is 7.91. The third kappa shape index (κ3) is 5.32. The van der Waals surface area contributed by atoms with Crippen molar-refractivity contribution in [2.45, 2.75) is 45.4 Å². The van der Waals surface area contributed by atoms with Crippen LogP contribution in [0.25, 0.3) is 5.76 Å². The molecule has 9 nitrogen and oxygen atoms in total. The molecule has 2 aromatic carbocycles. The van der Waals surface area contributed by atoms with E-state index >= 15 is 0 Å². The third-order valence-electron chi connectivity index (χ3n) is 7.02. The first kappa shape index (κ1) is 27.1. The fourth-order valence-corrected chi connectivity index (χ4v) is 5.26. The molecule has 1 saturated heterocycles. The summed E-state index contributed by atoms with van der Waals surface area (Å²) >= 11 is 0. The Balaban J connectivity index is 1.56. The van der Waals surface area contributed by atoms with E-state index < -0.39 is 17.7 Å². The van der Waals surface area contributed by atoms with Crippen molar-refractivity contribution in [3.8, 4) is 17.2 Å². The van der Waals surface area contributed by atoms with E-state index in [9.17, 15) is 14.7 Å². The molecule has 9 heteroatoms. The van der Waals surface area contributed by atoms with Gasteiger partial charge in [0, 0.05) is 37.5 Å². The number of nitrogens with zero attached hydrogens (tertiary/aromatic N) is 3. The van der Waals surface area contributed by atoms with E-state index in [1.54, 1.807) is 48.9 Å². The normalized spacial score (nSPS) is 19.4. The van der Waals surface area contributed by atoms with Crippen LogP contribution in [0.4, 0.5) is 0 Å². The van der Waals surface area contributed by atoms with E-state index in [4.69, 9.17) is 14.2 Å². The number of carbonyl (C=O) groups excluding carboxylic acids is 2. The van der Waals surface area contributed by atoms with Gasteiger partial charge in [0.2, 0.25) is 0 Å². The second-order valence-corrected chi connectivity index (χ2v) is 9.84. The van der Waals surface area contributed by atoms with Gasteiger partial charge < -0.3 is 28.8 Å². The predicted molar refractivity (Wildman–Crippen MR) is 149 cm³/mol. The minimum Gasteiger partial charge on any atom is -0.507 e. The summed E-state index contributed by atoms with van der Waals surface area (Å²) in [5, 5.41) is 11.5. The molecular formula is C31H33N3O6. The van der Waals surface area contributed by atoms with Gasteiger partial charge >= 0.3 is 0 Å². The summed E-state index contributed by atoms with van der Waals surface area (Å²) in [7, 11) is 0. The van der Waals surface area contributed by atoms with Gasteiger partial charge in [-0.25, -0.2) is 4.98 Å². The monoisotopic (exact) mass is 543 g/mol. The Bertz CT molecular complexity index is 1450. The Labute approximate surface area is 233 Å². The number of benzene rings is 2. The maximum Gasteiger partial charge on any atom is 0.295 e. The maximum atomic E-state index is 13.5. The van der Waals surface area contributed by atoms with Crippen LogP contribution in [-0.2, 0) is 22.6 Å². The van der Waals surface area contributed by atoms with Crippen molar-refractivity contribution in [3.05, 3.63) is 90.0 Å². The lowest BCUT2D eigenvalue weighted by atomic mass is 9.94. The number of aryl methyl sites for hydroxylation is 1. The molecule has 1 N–H and O–H groups in total. The van der Waals surface area contributed by atoms with Crippen molar-refractivity contribution < 1.29 is 28.9 Å². The maximum absolute atomic E-state index is 13.5. The standard InChI is InChI=1S/C31H33N3O6/c1-4-15-39-25-10-7-21(18-26(25)38-5-2)28-27(29(35)22-8-9-24-23(17-22)16-20(3)40-24)30(36)31(37)34(28)13-6-12-33-14-11-32-19-33/h4,7-11,14,17-20,28,35H,1,5-6,12-13,15-16H2,2-3H3/b29-27-. The van der Waals surface area contributed by atoms with Crippen molar-refractivity contribution in [1.82, 2.24) is 14.5 Å². The van der Waals surface area contributed by atoms with Crippen molar-refractivity contribution in [2.24, 2.45) is 0 Å². The number of aliphatic hydroxyl groups is 1. The molecule has 1 amide bonds. The van der Waals surface area contributed by atoms with E-state index in [1.165, 1.54) is 4.90 Å². The van der Waals surface area contributed by atoms with Gasteiger partial charge in [0.15, 0.2) is 11.5 Å². The highest BCUT2D eigenvalue weighted by Crippen LogP contribution is 2.43. The highest BCUT2D eigenvalue weighted by atomic mass is 16.5. The second kappa shape index (κ2) is 11.7. The second-order valence-electron chi connectivity index (χ2n) is 9.84. The number of amides is 1. The van der Waals surface area contributed by atoms with Gasteiger partial charge in [-0.3, -0.25) is 9.59 Å². The number of rotatable bonds is 11. The lowest BCUT2D eigenvalue weighted by Crippen LogP contribution is -2.31. The average molecular weight is 544 g/mol. The molecular weight excluding hydrogens is 510 g/mol. The number of fused-ring (bicyclic) bond motifs is 1. The summed E-state index contributed by atoms with van der Waals surface area (Å²) in [6.07, 6.45) is 8.22. The predicted octanol–water partition coefficient (Wildman–Crippen LogP) is 4.68. The molecule has 3 heterocycles. The molecule has 0 aliphatic carbocycles. The van der Waals surface area contributed by atoms with Crippen LogP contribution >= 0.6 is 0 Å². The number of aliphatic hydroxyl groups excluding tert-OH is 1. The zero-order chi connectivity index (χ0) is 28.2. The zero-order valence-corrected chi connectivity index (χ0v) is 22.7. The van der Waals surface area contributed by atoms with Gasteiger partial charge in [-0.2, -0.15) is 0 Å². The fourth-order valence-electron chi connectivity index (χ4n) is 5.26. The Morgan fingerprint density at radius 1 is 1.18 bits per heavy atom. The molecule has 1 aromatic heterocycles. The minimum absolute atomic E-state index is 0.0345. The average Bonchev–Trinajstić information content (AvgIpc) is 3.66. The number of likely N-dealkylation sites (tertiary alicyclic amines) is 1. The van der Waals surface area contributed by atoms with Crippen LogP contribution in [-0.4, -0.2) is 57.1 Å². The number of carbonyl (C=O) groups is 2. The Morgan fingerprint density at radius 2 is 2.02 bits per heavy atom. The van der Waals surface area contributed by atoms with Gasteiger partial charge in [0.05, 0.1) is 24.5 Å². The van der Waals surface area contributed by atoms with Crippen LogP contribution in [0.1, 0.15) is 43.0 Å². The topological polar surface area (TPSA) is 103 Å². The first-order valence-corrected chi connectivity index (χ1v) is 13.5. The van der Waals surface area contributed by atoms with Gasteiger partial charge in [-0.05, 0) is 61.7 Å². The summed E-state index contributed by atoms with van der Waals surface area (Å²) in [4.78, 5) is 32.5. The first-order valence-electron chi connectivity index (χ1n) is 13.5. The largest absolute Gasteiger partial charge is 0.507 e. The van der Waals surface area contributed by atoms with E-state index in [2.05, 4.69) is 11.6 Å². The summed E-state index contributed by atoms with van der Waals surface area (Å²) in [5.41, 5.74) is 2.09. The quantitative estimate of drug-likeness (QED) is 0.162. The number of ether oxygens (including phenoxy) is 3. The minimum atomic E-state index is -0.807. The molecule has 5 rings (SSSR count). The van der Waals surface area contributed by atoms with Crippen LogP contribution in [0, 0.1) is 0 Å². The Hall–Kier alpha value is -4.53. The van der Waals surface area contributed by atoms with Crippen molar-refractivity contribution in [2.75, 3.05) is 19.8 Å². The fraction of sp³-hybridized carbons (Fsp3) is 0.323. The number of hydrogen-bond acceptors (Lipinski definition) is 7. The smallest absolute Gasteiger partial charge is 0.295 e. The van der Waals surface area contributed by atoms with Gasteiger partial charge in [0.25, 0.3) is 11.7 Å². The summed E-state index contributed by atoms with van der Waals surface area (Å²) in [5.74, 6) is 0.176. The number of hydrogen-bond donors (Lipinski definition) is 1. The van der Waals surface area contributed by atoms with Crippen LogP contribution in [0.15, 0.2) is 73.3 Å². The molecule has 2 aliphatic heterocycles. The molecule has 3 aromatic rings. The first-order chi connectivity index (χ1) is 19.4. The molecule has 2 unspecified atom stereocenters. The molecule has 0 radical (unpaired) electrons. The van der Waals surface area contributed by atoms with Crippen molar-refractivity contribution in [3.63, 3.8) is 0 Å². The highest BCUT2D eigenvalue weighted by Gasteiger charge is 2.46. The lowest BCUT2D eigenvalue weighted by molar-refractivity contribution is -0.139. The molecule has 2 atom stereocenters. The molecule has 0 saturated carbocycles. The van der Waals surface area contributed by atoms with Gasteiger partial charge in [0.1, 0.15) is 24.2 Å².